The molecule has 0 aromatic rings. The van der Waals surface area contributed by atoms with E-state index in [4.69, 9.17) is 14.9 Å². The van der Waals surface area contributed by atoms with Gasteiger partial charge in [-0.2, -0.15) is 0 Å². The van der Waals surface area contributed by atoms with Crippen LogP contribution in [-0.4, -0.2) is 36.1 Å². The summed E-state index contributed by atoms with van der Waals surface area (Å²) in [5.74, 6) is 0. The average molecular weight is 216 g/mol. The van der Waals surface area contributed by atoms with E-state index in [9.17, 15) is 0 Å². The van der Waals surface area contributed by atoms with Gasteiger partial charge >= 0.3 is 0 Å². The molecule has 1 fully saturated rings. The molecule has 15 heavy (non-hydrogen) atoms. The molecule has 0 radical (unpaired) electrons. The summed E-state index contributed by atoms with van der Waals surface area (Å²) in [6.07, 6.45) is 6.72. The Bertz CT molecular complexity index is 166. The summed E-state index contributed by atoms with van der Waals surface area (Å²) in [5.41, 5.74) is 0.244. The van der Waals surface area contributed by atoms with Gasteiger partial charge in [-0.1, -0.05) is 26.2 Å². The molecule has 0 spiro atoms. The molecule has 90 valence electrons. The van der Waals surface area contributed by atoms with Gasteiger partial charge in [-0.05, 0) is 19.3 Å². The van der Waals surface area contributed by atoms with Gasteiger partial charge in [0.15, 0.2) is 0 Å². The maximum atomic E-state index is 9.14. The summed E-state index contributed by atoms with van der Waals surface area (Å²) in [6.45, 7) is 3.46. The monoisotopic (exact) mass is 216 g/mol. The zero-order valence-electron chi connectivity index (χ0n) is 9.74. The Balaban J connectivity index is 2.17. The number of aliphatic hydroxyl groups is 2. The maximum absolute atomic E-state index is 9.14. The van der Waals surface area contributed by atoms with Crippen LogP contribution in [0.1, 0.15) is 45.4 Å². The van der Waals surface area contributed by atoms with Crippen molar-refractivity contribution in [1.29, 1.82) is 0 Å². The molecule has 2 N–H and O–H groups in total. The SMILES string of the molecule is CCC1(CCCCCCO)COC1CO. The van der Waals surface area contributed by atoms with E-state index in [1.54, 1.807) is 0 Å². The van der Waals surface area contributed by atoms with Crippen LogP contribution in [0.25, 0.3) is 0 Å². The molecule has 0 aromatic heterocycles. The number of hydrogen-bond acceptors (Lipinski definition) is 3. The van der Waals surface area contributed by atoms with Crippen LogP contribution in [0.5, 0.6) is 0 Å². The minimum atomic E-state index is 0.0698. The standard InChI is InChI=1S/C12H24O3/c1-2-12(10-15-11(12)9-14)7-5-3-4-6-8-13/h11,13-14H,2-10H2,1H3. The molecule has 3 heteroatoms. The van der Waals surface area contributed by atoms with E-state index < -0.39 is 0 Å². The highest BCUT2D eigenvalue weighted by molar-refractivity contribution is 4.93. The fourth-order valence-electron chi connectivity index (χ4n) is 2.37. The van der Waals surface area contributed by atoms with Gasteiger partial charge in [0.25, 0.3) is 0 Å². The summed E-state index contributed by atoms with van der Waals surface area (Å²) in [5, 5.41) is 17.8. The van der Waals surface area contributed by atoms with Crippen molar-refractivity contribution >= 4 is 0 Å². The van der Waals surface area contributed by atoms with Crippen LogP contribution in [0.2, 0.25) is 0 Å². The predicted octanol–water partition coefficient (Wildman–Crippen LogP) is 1.72. The fourth-order valence-corrected chi connectivity index (χ4v) is 2.37. The van der Waals surface area contributed by atoms with Crippen molar-refractivity contribution < 1.29 is 14.9 Å². The summed E-state index contributed by atoms with van der Waals surface area (Å²) in [6, 6.07) is 0. The molecule has 1 aliphatic heterocycles. The third-order valence-corrected chi connectivity index (χ3v) is 3.71. The summed E-state index contributed by atoms with van der Waals surface area (Å²) in [7, 11) is 0. The first-order valence-electron chi connectivity index (χ1n) is 6.12. The van der Waals surface area contributed by atoms with Crippen LogP contribution < -0.4 is 0 Å². The van der Waals surface area contributed by atoms with Crippen molar-refractivity contribution in [1.82, 2.24) is 0 Å². The van der Waals surface area contributed by atoms with Crippen LogP contribution in [0.3, 0.4) is 0 Å². The minimum Gasteiger partial charge on any atom is -0.396 e. The zero-order chi connectivity index (χ0) is 11.1. The van der Waals surface area contributed by atoms with E-state index >= 15 is 0 Å². The second-order valence-corrected chi connectivity index (χ2v) is 4.59. The highest BCUT2D eigenvalue weighted by atomic mass is 16.5. The molecule has 0 saturated carbocycles. The molecule has 2 unspecified atom stereocenters. The molecule has 3 nitrogen and oxygen atoms in total. The highest BCUT2D eigenvalue weighted by Crippen LogP contribution is 2.42. The predicted molar refractivity (Wildman–Crippen MR) is 59.7 cm³/mol. The Labute approximate surface area is 92.4 Å². The lowest BCUT2D eigenvalue weighted by Crippen LogP contribution is -2.53. The molecule has 0 aliphatic carbocycles. The zero-order valence-corrected chi connectivity index (χ0v) is 9.74. The number of hydrogen-bond donors (Lipinski definition) is 2. The second kappa shape index (κ2) is 6.46. The third kappa shape index (κ3) is 3.16. The third-order valence-electron chi connectivity index (χ3n) is 3.71. The Morgan fingerprint density at radius 1 is 1.20 bits per heavy atom. The van der Waals surface area contributed by atoms with Crippen molar-refractivity contribution in [3.63, 3.8) is 0 Å². The smallest absolute Gasteiger partial charge is 0.0883 e. The normalized spacial score (nSPS) is 30.2. The quantitative estimate of drug-likeness (QED) is 0.607. The molecule has 1 rings (SSSR count). The molecule has 0 amide bonds. The first-order valence-corrected chi connectivity index (χ1v) is 6.12. The van der Waals surface area contributed by atoms with Crippen molar-refractivity contribution in [2.75, 3.05) is 19.8 Å². The van der Waals surface area contributed by atoms with E-state index in [2.05, 4.69) is 6.92 Å². The van der Waals surface area contributed by atoms with E-state index in [-0.39, 0.29) is 18.1 Å². The van der Waals surface area contributed by atoms with Crippen molar-refractivity contribution in [2.24, 2.45) is 5.41 Å². The van der Waals surface area contributed by atoms with Gasteiger partial charge in [-0.15, -0.1) is 0 Å². The highest BCUT2D eigenvalue weighted by Gasteiger charge is 2.45. The van der Waals surface area contributed by atoms with Crippen LogP contribution in [0.15, 0.2) is 0 Å². The number of unbranched alkanes of at least 4 members (excludes halogenated alkanes) is 3. The lowest BCUT2D eigenvalue weighted by atomic mass is 9.72. The molecular weight excluding hydrogens is 192 g/mol. The Morgan fingerprint density at radius 2 is 1.93 bits per heavy atom. The Hall–Kier alpha value is -0.120. The lowest BCUT2D eigenvalue weighted by Gasteiger charge is -2.48. The summed E-state index contributed by atoms with van der Waals surface area (Å²) in [4.78, 5) is 0. The van der Waals surface area contributed by atoms with Crippen molar-refractivity contribution in [3.05, 3.63) is 0 Å². The van der Waals surface area contributed by atoms with Gasteiger partial charge in [0.1, 0.15) is 0 Å². The van der Waals surface area contributed by atoms with Gasteiger partial charge in [0, 0.05) is 12.0 Å². The number of rotatable bonds is 8. The van der Waals surface area contributed by atoms with Crippen LogP contribution in [0, 0.1) is 5.41 Å². The van der Waals surface area contributed by atoms with Gasteiger partial charge in [0.2, 0.25) is 0 Å². The number of ether oxygens (including phenoxy) is 1. The van der Waals surface area contributed by atoms with Crippen LogP contribution in [-0.2, 0) is 4.74 Å². The largest absolute Gasteiger partial charge is 0.396 e. The molecule has 2 atom stereocenters. The Morgan fingerprint density at radius 3 is 2.40 bits per heavy atom. The maximum Gasteiger partial charge on any atom is 0.0883 e. The van der Waals surface area contributed by atoms with Gasteiger partial charge in [0.05, 0.1) is 19.3 Å². The average Bonchev–Trinajstić information content (AvgIpc) is 2.23. The van der Waals surface area contributed by atoms with E-state index in [1.807, 2.05) is 0 Å². The summed E-state index contributed by atoms with van der Waals surface area (Å²) >= 11 is 0. The van der Waals surface area contributed by atoms with E-state index in [0.717, 1.165) is 32.3 Å². The molecule has 1 aliphatic rings. The van der Waals surface area contributed by atoms with Gasteiger partial charge in [-0.25, -0.2) is 0 Å². The van der Waals surface area contributed by atoms with Crippen LogP contribution >= 0.6 is 0 Å². The fraction of sp³-hybridized carbons (Fsp3) is 1.00. The van der Waals surface area contributed by atoms with E-state index in [1.165, 1.54) is 12.8 Å². The molecular formula is C12H24O3. The molecule has 1 saturated heterocycles. The molecule has 0 aromatic carbocycles. The first-order chi connectivity index (χ1) is 7.29. The minimum absolute atomic E-state index is 0.0698. The van der Waals surface area contributed by atoms with E-state index in [0.29, 0.717) is 6.61 Å². The van der Waals surface area contributed by atoms with Gasteiger partial charge in [-0.3, -0.25) is 0 Å². The first kappa shape index (κ1) is 12.9. The molecule has 1 heterocycles. The van der Waals surface area contributed by atoms with Gasteiger partial charge < -0.3 is 14.9 Å². The lowest BCUT2D eigenvalue weighted by molar-refractivity contribution is -0.207. The van der Waals surface area contributed by atoms with Crippen molar-refractivity contribution in [2.45, 2.75) is 51.6 Å². The van der Waals surface area contributed by atoms with Crippen molar-refractivity contribution in [3.8, 4) is 0 Å². The summed E-state index contributed by atoms with van der Waals surface area (Å²) < 4.78 is 5.37. The molecule has 0 bridgehead atoms. The Kier molecular flexibility index (Phi) is 5.58. The topological polar surface area (TPSA) is 49.7 Å². The van der Waals surface area contributed by atoms with Crippen LogP contribution in [0.4, 0.5) is 0 Å². The second-order valence-electron chi connectivity index (χ2n) is 4.59. The number of aliphatic hydroxyl groups excluding tert-OH is 2.